The Hall–Kier alpha value is -3.93. The van der Waals surface area contributed by atoms with Crippen molar-refractivity contribution in [2.45, 2.75) is 45.3 Å². The molecule has 0 aliphatic rings. The van der Waals surface area contributed by atoms with Gasteiger partial charge in [-0.2, -0.15) is 0 Å². The summed E-state index contributed by atoms with van der Waals surface area (Å²) < 4.78 is 36.4. The highest BCUT2D eigenvalue weighted by atomic mass is 32.2. The van der Waals surface area contributed by atoms with Crippen LogP contribution in [0.2, 0.25) is 0 Å². The standard InChI is InChI=1S/C25H30N4O7S/c1-24(2,3)36-23(32)26-25(4,15-16-10-8-7-9-11-16)22-28-27-20(35-22)17-12-18(21(30)31)14-19(13-17)29(5)37(6,33)34/h7-14H,15H2,1-6H3,(H,26,32)(H,30,31)/t25-/m0/s1. The minimum Gasteiger partial charge on any atom is -0.478 e. The number of carboxylic acids is 1. The average molecular weight is 531 g/mol. The van der Waals surface area contributed by atoms with E-state index in [1.165, 1.54) is 25.2 Å². The Labute approximate surface area is 215 Å². The molecule has 3 rings (SSSR count). The van der Waals surface area contributed by atoms with E-state index in [0.717, 1.165) is 16.1 Å². The Morgan fingerprint density at radius 2 is 1.73 bits per heavy atom. The molecule has 1 amide bonds. The van der Waals surface area contributed by atoms with Crippen molar-refractivity contribution in [2.24, 2.45) is 0 Å². The lowest BCUT2D eigenvalue weighted by Crippen LogP contribution is -2.47. The fourth-order valence-corrected chi connectivity index (χ4v) is 3.99. The maximum absolute atomic E-state index is 12.7. The summed E-state index contributed by atoms with van der Waals surface area (Å²) >= 11 is 0. The fraction of sp³-hybridized carbons (Fsp3) is 0.360. The Kier molecular flexibility index (Phi) is 7.63. The number of carbonyl (C=O) groups is 2. The highest BCUT2D eigenvalue weighted by Gasteiger charge is 2.37. The normalized spacial score (nSPS) is 13.5. The molecule has 37 heavy (non-hydrogen) atoms. The number of benzene rings is 2. The molecule has 3 aromatic rings. The molecule has 198 valence electrons. The van der Waals surface area contributed by atoms with Gasteiger partial charge in [-0.1, -0.05) is 30.3 Å². The smallest absolute Gasteiger partial charge is 0.408 e. The van der Waals surface area contributed by atoms with Gasteiger partial charge in [0, 0.05) is 19.0 Å². The number of ether oxygens (including phenoxy) is 1. The van der Waals surface area contributed by atoms with E-state index in [1.54, 1.807) is 27.7 Å². The van der Waals surface area contributed by atoms with Crippen molar-refractivity contribution in [3.05, 3.63) is 65.5 Å². The summed E-state index contributed by atoms with van der Waals surface area (Å²) in [6, 6.07) is 13.3. The third-order valence-electron chi connectivity index (χ3n) is 5.35. The summed E-state index contributed by atoms with van der Waals surface area (Å²) in [5.74, 6) is -1.26. The molecule has 0 radical (unpaired) electrons. The van der Waals surface area contributed by atoms with Crippen molar-refractivity contribution in [3.63, 3.8) is 0 Å². The Bertz CT molecular complexity index is 1400. The topological polar surface area (TPSA) is 152 Å². The second kappa shape index (κ2) is 10.2. The van der Waals surface area contributed by atoms with Gasteiger partial charge in [0.25, 0.3) is 0 Å². The zero-order chi connectivity index (χ0) is 27.6. The van der Waals surface area contributed by atoms with Gasteiger partial charge in [-0.05, 0) is 51.5 Å². The van der Waals surface area contributed by atoms with Gasteiger partial charge in [0.1, 0.15) is 11.1 Å². The molecule has 2 aromatic carbocycles. The molecule has 0 fully saturated rings. The van der Waals surface area contributed by atoms with Gasteiger partial charge in [0.15, 0.2) is 0 Å². The van der Waals surface area contributed by atoms with Gasteiger partial charge < -0.3 is 19.6 Å². The first-order valence-electron chi connectivity index (χ1n) is 11.3. The number of hydrogen-bond donors (Lipinski definition) is 2. The fourth-order valence-electron chi connectivity index (χ4n) is 3.50. The number of carboxylic acid groups (broad SMARTS) is 1. The third kappa shape index (κ3) is 7.06. The van der Waals surface area contributed by atoms with Gasteiger partial charge in [-0.25, -0.2) is 18.0 Å². The van der Waals surface area contributed by atoms with E-state index in [0.29, 0.717) is 0 Å². The monoisotopic (exact) mass is 530 g/mol. The summed E-state index contributed by atoms with van der Waals surface area (Å²) in [6.07, 6.45) is 0.601. The van der Waals surface area contributed by atoms with E-state index in [2.05, 4.69) is 15.5 Å². The maximum atomic E-state index is 12.7. The van der Waals surface area contributed by atoms with Gasteiger partial charge in [-0.15, -0.1) is 10.2 Å². The zero-order valence-corrected chi connectivity index (χ0v) is 22.3. The largest absolute Gasteiger partial charge is 0.478 e. The van der Waals surface area contributed by atoms with E-state index in [-0.39, 0.29) is 35.0 Å². The van der Waals surface area contributed by atoms with Crippen molar-refractivity contribution >= 4 is 27.8 Å². The van der Waals surface area contributed by atoms with Crippen LogP contribution in [0.3, 0.4) is 0 Å². The van der Waals surface area contributed by atoms with E-state index in [4.69, 9.17) is 9.15 Å². The first-order valence-corrected chi connectivity index (χ1v) is 13.1. The van der Waals surface area contributed by atoms with Crippen molar-refractivity contribution < 1.29 is 32.3 Å². The van der Waals surface area contributed by atoms with Crippen molar-refractivity contribution in [2.75, 3.05) is 17.6 Å². The first-order chi connectivity index (χ1) is 17.1. The van der Waals surface area contributed by atoms with Crippen LogP contribution in [-0.4, -0.2) is 54.7 Å². The number of anilines is 1. The van der Waals surface area contributed by atoms with Crippen molar-refractivity contribution in [1.29, 1.82) is 0 Å². The molecule has 1 atom stereocenters. The van der Waals surface area contributed by atoms with E-state index >= 15 is 0 Å². The zero-order valence-electron chi connectivity index (χ0n) is 21.5. The number of aromatic nitrogens is 2. The Balaban J connectivity index is 2.06. The Morgan fingerprint density at radius 3 is 2.30 bits per heavy atom. The van der Waals surface area contributed by atoms with Crippen LogP contribution in [0.5, 0.6) is 0 Å². The molecule has 2 N–H and O–H groups in total. The SMILES string of the molecule is CN(c1cc(C(=O)O)cc(-c2nnc([C@](C)(Cc3ccccc3)NC(=O)OC(C)(C)C)o2)c1)S(C)(=O)=O. The van der Waals surface area contributed by atoms with Crippen molar-refractivity contribution in [1.82, 2.24) is 15.5 Å². The van der Waals surface area contributed by atoms with Crippen LogP contribution in [0.15, 0.2) is 52.9 Å². The summed E-state index contributed by atoms with van der Waals surface area (Å²) in [4.78, 5) is 24.4. The number of hydrogen-bond acceptors (Lipinski definition) is 8. The van der Waals surface area contributed by atoms with Crippen LogP contribution in [0.25, 0.3) is 11.5 Å². The molecule has 1 heterocycles. The van der Waals surface area contributed by atoms with Gasteiger partial charge in [0.2, 0.25) is 21.8 Å². The molecule has 0 saturated carbocycles. The molecule has 12 heteroatoms. The number of sulfonamides is 1. The summed E-state index contributed by atoms with van der Waals surface area (Å²) in [5.41, 5.74) is -0.907. The number of alkyl carbamates (subject to hydrolysis) is 1. The second-order valence-corrected chi connectivity index (χ2v) is 11.9. The molecule has 11 nitrogen and oxygen atoms in total. The number of aromatic carboxylic acids is 1. The molecule has 0 unspecified atom stereocenters. The predicted molar refractivity (Wildman–Crippen MR) is 137 cm³/mol. The molecular weight excluding hydrogens is 500 g/mol. The lowest BCUT2D eigenvalue weighted by molar-refractivity contribution is 0.0443. The highest BCUT2D eigenvalue weighted by Crippen LogP contribution is 2.31. The molecule has 0 spiro atoms. The van der Waals surface area contributed by atoms with E-state index in [9.17, 15) is 23.1 Å². The van der Waals surface area contributed by atoms with Crippen LogP contribution in [0.4, 0.5) is 10.5 Å². The van der Waals surface area contributed by atoms with Crippen LogP contribution in [0.1, 0.15) is 49.5 Å². The van der Waals surface area contributed by atoms with Crippen LogP contribution < -0.4 is 9.62 Å². The average Bonchev–Trinajstić information content (AvgIpc) is 3.28. The minimum absolute atomic E-state index is 0.0495. The molecule has 0 bridgehead atoms. The molecule has 0 aliphatic heterocycles. The number of nitrogens with one attached hydrogen (secondary N) is 1. The predicted octanol–water partition coefficient (Wildman–Crippen LogP) is 3.81. The van der Waals surface area contributed by atoms with Gasteiger partial charge >= 0.3 is 12.1 Å². The quantitative estimate of drug-likeness (QED) is 0.443. The number of amides is 1. The van der Waals surface area contributed by atoms with Gasteiger partial charge in [-0.3, -0.25) is 4.31 Å². The summed E-state index contributed by atoms with van der Waals surface area (Å²) in [6.45, 7) is 6.93. The highest BCUT2D eigenvalue weighted by molar-refractivity contribution is 7.92. The van der Waals surface area contributed by atoms with E-state index < -0.39 is 33.2 Å². The molecular formula is C25H30N4O7S. The number of nitrogens with zero attached hydrogens (tertiary/aromatic N) is 3. The van der Waals surface area contributed by atoms with Crippen molar-refractivity contribution in [3.8, 4) is 11.5 Å². The summed E-state index contributed by atoms with van der Waals surface area (Å²) in [7, 11) is -2.36. The van der Waals surface area contributed by atoms with Crippen LogP contribution >= 0.6 is 0 Å². The van der Waals surface area contributed by atoms with E-state index in [1.807, 2.05) is 30.3 Å². The minimum atomic E-state index is -3.67. The maximum Gasteiger partial charge on any atom is 0.408 e. The third-order valence-corrected chi connectivity index (χ3v) is 6.55. The van der Waals surface area contributed by atoms with Gasteiger partial charge in [0.05, 0.1) is 17.5 Å². The molecule has 0 aliphatic carbocycles. The summed E-state index contributed by atoms with van der Waals surface area (Å²) in [5, 5.41) is 20.6. The number of rotatable bonds is 8. The second-order valence-electron chi connectivity index (χ2n) is 9.84. The Morgan fingerprint density at radius 1 is 1.08 bits per heavy atom. The lowest BCUT2D eigenvalue weighted by Gasteiger charge is -2.29. The van der Waals surface area contributed by atoms with Crippen LogP contribution in [-0.2, 0) is 26.7 Å². The number of carbonyl (C=O) groups excluding carboxylic acids is 1. The molecule has 0 saturated heterocycles. The first kappa shape index (κ1) is 27.7. The lowest BCUT2D eigenvalue weighted by atomic mass is 9.92. The molecule has 1 aromatic heterocycles. The van der Waals surface area contributed by atoms with Crippen LogP contribution in [0, 0.1) is 0 Å².